The van der Waals surface area contributed by atoms with E-state index in [9.17, 15) is 10.2 Å². The normalized spacial score (nSPS) is 42.0. The lowest BCUT2D eigenvalue weighted by Gasteiger charge is -2.50. The number of aromatic hydroxyl groups is 1. The van der Waals surface area contributed by atoms with Gasteiger partial charge < -0.3 is 10.2 Å². The molecule has 126 valence electrons. The maximum Gasteiger partial charge on any atom is 0.115 e. The molecule has 0 spiro atoms. The van der Waals surface area contributed by atoms with Crippen LogP contribution in [0.5, 0.6) is 5.75 Å². The quantitative estimate of drug-likeness (QED) is 0.835. The number of phenols is 1. The van der Waals surface area contributed by atoms with Crippen LogP contribution in [-0.2, 0) is 6.42 Å². The lowest BCUT2D eigenvalue weighted by atomic mass is 9.54. The summed E-state index contributed by atoms with van der Waals surface area (Å²) in [6.45, 7) is 4.70. The molecule has 0 bridgehead atoms. The number of benzene rings is 1. The number of hydrogen-bond donors (Lipinski definition) is 2. The van der Waals surface area contributed by atoms with Crippen LogP contribution >= 0.6 is 0 Å². The van der Waals surface area contributed by atoms with Crippen molar-refractivity contribution in [3.8, 4) is 5.75 Å². The van der Waals surface area contributed by atoms with Gasteiger partial charge in [0, 0.05) is 0 Å². The molecule has 2 N–H and O–H groups in total. The molecule has 1 aromatic carbocycles. The number of aliphatic hydroxyl groups is 1. The van der Waals surface area contributed by atoms with E-state index in [1.54, 1.807) is 0 Å². The van der Waals surface area contributed by atoms with Gasteiger partial charge in [0.15, 0.2) is 0 Å². The second kappa shape index (κ2) is 5.51. The van der Waals surface area contributed by atoms with Gasteiger partial charge in [-0.25, -0.2) is 0 Å². The second-order valence-electron chi connectivity index (χ2n) is 8.63. The molecule has 0 radical (unpaired) electrons. The van der Waals surface area contributed by atoms with E-state index in [2.05, 4.69) is 19.9 Å². The zero-order chi connectivity index (χ0) is 16.2. The average molecular weight is 314 g/mol. The minimum absolute atomic E-state index is 0.0927. The first kappa shape index (κ1) is 15.5. The van der Waals surface area contributed by atoms with Gasteiger partial charge in [-0.15, -0.1) is 0 Å². The summed E-state index contributed by atoms with van der Waals surface area (Å²) in [6, 6.07) is 6.01. The average Bonchev–Trinajstić information content (AvgIpc) is 2.77. The Morgan fingerprint density at radius 1 is 1.26 bits per heavy atom. The van der Waals surface area contributed by atoms with Gasteiger partial charge in [-0.05, 0) is 90.9 Å². The highest BCUT2D eigenvalue weighted by molar-refractivity contribution is 5.40. The first-order chi connectivity index (χ1) is 11.0. The van der Waals surface area contributed by atoms with Gasteiger partial charge >= 0.3 is 0 Å². The number of rotatable bonds is 2. The topological polar surface area (TPSA) is 40.5 Å². The van der Waals surface area contributed by atoms with Crippen LogP contribution in [0.15, 0.2) is 18.2 Å². The molecule has 2 saturated carbocycles. The van der Waals surface area contributed by atoms with Crippen molar-refractivity contribution in [2.45, 2.75) is 70.8 Å². The van der Waals surface area contributed by atoms with E-state index in [1.165, 1.54) is 43.2 Å². The van der Waals surface area contributed by atoms with Crippen LogP contribution < -0.4 is 0 Å². The van der Waals surface area contributed by atoms with Crippen LogP contribution in [0.1, 0.15) is 69.4 Å². The monoisotopic (exact) mass is 314 g/mol. The first-order valence-corrected chi connectivity index (χ1v) is 9.53. The highest BCUT2D eigenvalue weighted by Crippen LogP contribution is 2.63. The van der Waals surface area contributed by atoms with Crippen LogP contribution in [0.4, 0.5) is 0 Å². The molecule has 2 nitrogen and oxygen atoms in total. The summed E-state index contributed by atoms with van der Waals surface area (Å²) in [6.07, 6.45) is 8.08. The van der Waals surface area contributed by atoms with E-state index >= 15 is 0 Å². The second-order valence-corrected chi connectivity index (χ2v) is 8.63. The first-order valence-electron chi connectivity index (χ1n) is 9.53. The van der Waals surface area contributed by atoms with Crippen molar-refractivity contribution in [1.82, 2.24) is 0 Å². The van der Waals surface area contributed by atoms with E-state index in [0.29, 0.717) is 28.9 Å². The fourth-order valence-electron chi connectivity index (χ4n) is 6.54. The predicted octanol–water partition coefficient (Wildman–Crippen LogP) is 4.64. The van der Waals surface area contributed by atoms with Crippen LogP contribution in [0.3, 0.4) is 0 Å². The Kier molecular flexibility index (Phi) is 3.72. The molecule has 0 unspecified atom stereocenters. The van der Waals surface area contributed by atoms with Crippen molar-refractivity contribution in [3.63, 3.8) is 0 Å². The molecule has 2 heteroatoms. The van der Waals surface area contributed by atoms with Gasteiger partial charge in [0.25, 0.3) is 0 Å². The lowest BCUT2D eigenvalue weighted by molar-refractivity contribution is 0.0261. The minimum Gasteiger partial charge on any atom is -0.508 e. The third-order valence-electron chi connectivity index (χ3n) is 7.34. The molecule has 0 saturated heterocycles. The van der Waals surface area contributed by atoms with E-state index in [-0.39, 0.29) is 6.10 Å². The Balaban J connectivity index is 1.70. The molecule has 3 aliphatic rings. The molecule has 0 amide bonds. The van der Waals surface area contributed by atoms with Crippen molar-refractivity contribution >= 4 is 0 Å². The Hall–Kier alpha value is -1.02. The fraction of sp³-hybridized carbons (Fsp3) is 0.714. The smallest absolute Gasteiger partial charge is 0.115 e. The van der Waals surface area contributed by atoms with Gasteiger partial charge in [0.2, 0.25) is 0 Å². The van der Waals surface area contributed by atoms with Crippen molar-refractivity contribution in [2.75, 3.05) is 0 Å². The molecule has 23 heavy (non-hydrogen) atoms. The van der Waals surface area contributed by atoms with E-state index in [0.717, 1.165) is 18.8 Å². The summed E-state index contributed by atoms with van der Waals surface area (Å²) in [5.74, 6) is 2.94. The van der Waals surface area contributed by atoms with E-state index in [1.807, 2.05) is 12.1 Å². The van der Waals surface area contributed by atoms with Crippen LogP contribution in [0.2, 0.25) is 0 Å². The Morgan fingerprint density at radius 3 is 2.87 bits per heavy atom. The van der Waals surface area contributed by atoms with Crippen LogP contribution in [0, 0.1) is 23.2 Å². The fourth-order valence-corrected chi connectivity index (χ4v) is 6.54. The molecule has 0 heterocycles. The summed E-state index contributed by atoms with van der Waals surface area (Å²) in [4.78, 5) is 0. The van der Waals surface area contributed by atoms with Gasteiger partial charge in [0.1, 0.15) is 5.75 Å². The van der Waals surface area contributed by atoms with Crippen LogP contribution in [-0.4, -0.2) is 16.3 Å². The Bertz CT molecular complexity index is 596. The minimum atomic E-state index is -0.0927. The summed E-state index contributed by atoms with van der Waals surface area (Å²) in [5, 5.41) is 20.5. The van der Waals surface area contributed by atoms with Crippen LogP contribution in [0.25, 0.3) is 0 Å². The molecular formula is C21H30O2. The van der Waals surface area contributed by atoms with Crippen molar-refractivity contribution in [3.05, 3.63) is 29.3 Å². The summed E-state index contributed by atoms with van der Waals surface area (Å²) >= 11 is 0. The number of aliphatic hydroxyl groups excluding tert-OH is 1. The van der Waals surface area contributed by atoms with Gasteiger partial charge in [-0.2, -0.15) is 0 Å². The van der Waals surface area contributed by atoms with E-state index < -0.39 is 0 Å². The lowest BCUT2D eigenvalue weighted by Crippen LogP contribution is -2.42. The van der Waals surface area contributed by atoms with Crippen molar-refractivity contribution in [1.29, 1.82) is 0 Å². The molecule has 4 rings (SSSR count). The summed E-state index contributed by atoms with van der Waals surface area (Å²) < 4.78 is 0. The van der Waals surface area contributed by atoms with Gasteiger partial charge in [-0.1, -0.05) is 26.3 Å². The zero-order valence-electron chi connectivity index (χ0n) is 14.5. The van der Waals surface area contributed by atoms with E-state index in [4.69, 9.17) is 0 Å². The largest absolute Gasteiger partial charge is 0.508 e. The SMILES string of the molecule is CCC[C@@H]1[C@H]2[C@@H]3CCc4cc(O)ccc4[C@H]3CC[C@]2(C)C[C@@H]1O. The highest BCUT2D eigenvalue weighted by atomic mass is 16.3. The summed E-state index contributed by atoms with van der Waals surface area (Å²) in [7, 11) is 0. The zero-order valence-corrected chi connectivity index (χ0v) is 14.5. The predicted molar refractivity (Wildman–Crippen MR) is 92.5 cm³/mol. The maximum atomic E-state index is 10.7. The number of phenolic OH excluding ortho intramolecular Hbond substituents is 1. The summed E-state index contributed by atoms with van der Waals surface area (Å²) in [5.41, 5.74) is 3.19. The molecule has 6 atom stereocenters. The molecule has 2 fully saturated rings. The number of fused-ring (bicyclic) bond motifs is 5. The molecule has 0 aliphatic heterocycles. The third-order valence-corrected chi connectivity index (χ3v) is 7.34. The van der Waals surface area contributed by atoms with Gasteiger partial charge in [-0.3, -0.25) is 0 Å². The highest BCUT2D eigenvalue weighted by Gasteiger charge is 2.57. The third kappa shape index (κ3) is 2.33. The number of hydrogen-bond acceptors (Lipinski definition) is 2. The molecular weight excluding hydrogens is 284 g/mol. The molecule has 0 aromatic heterocycles. The maximum absolute atomic E-state index is 10.7. The molecule has 3 aliphatic carbocycles. The molecule has 1 aromatic rings. The Labute approximate surface area is 139 Å². The standard InChI is InChI=1S/C21H30O2/c1-3-4-18-19(23)12-21(2)10-9-16-15-8-6-14(22)11-13(15)5-7-17(16)20(18)21/h6,8,11,16-20,22-23H,3-5,7,9-10,12H2,1-2H3/t16-,17-,18+,19+,20-,21-/m1/s1. The van der Waals surface area contributed by atoms with Crippen molar-refractivity contribution < 1.29 is 10.2 Å². The Morgan fingerprint density at radius 2 is 2.09 bits per heavy atom. The van der Waals surface area contributed by atoms with Gasteiger partial charge in [0.05, 0.1) is 6.10 Å². The number of aryl methyl sites for hydroxylation is 1. The van der Waals surface area contributed by atoms with Crippen molar-refractivity contribution in [2.24, 2.45) is 23.2 Å².